The molecule has 1 aromatic heterocycles. The Balaban J connectivity index is 2.22. The van der Waals surface area contributed by atoms with E-state index in [0.29, 0.717) is 11.3 Å². The SMILES string of the molecule is CCCn1cc(Oc2c(F)cccc2CN)cn1. The van der Waals surface area contributed by atoms with E-state index < -0.39 is 5.82 Å². The first-order valence-corrected chi connectivity index (χ1v) is 5.92. The molecule has 2 N–H and O–H groups in total. The van der Waals surface area contributed by atoms with Gasteiger partial charge < -0.3 is 10.5 Å². The van der Waals surface area contributed by atoms with E-state index in [1.807, 2.05) is 0 Å². The van der Waals surface area contributed by atoms with Gasteiger partial charge in [0.2, 0.25) is 0 Å². The van der Waals surface area contributed by atoms with Crippen molar-refractivity contribution in [1.29, 1.82) is 0 Å². The third-order valence-corrected chi connectivity index (χ3v) is 2.55. The quantitative estimate of drug-likeness (QED) is 0.886. The lowest BCUT2D eigenvalue weighted by Gasteiger charge is -2.08. The van der Waals surface area contributed by atoms with Crippen LogP contribution in [-0.4, -0.2) is 9.78 Å². The molecule has 18 heavy (non-hydrogen) atoms. The van der Waals surface area contributed by atoms with Gasteiger partial charge in [-0.2, -0.15) is 5.10 Å². The predicted octanol–water partition coefficient (Wildman–Crippen LogP) is 2.68. The highest BCUT2D eigenvalue weighted by Crippen LogP contribution is 2.27. The van der Waals surface area contributed by atoms with Gasteiger partial charge in [0.15, 0.2) is 17.3 Å². The van der Waals surface area contributed by atoms with Gasteiger partial charge in [0.25, 0.3) is 0 Å². The molecule has 2 aromatic rings. The number of para-hydroxylation sites is 1. The van der Waals surface area contributed by atoms with E-state index in [2.05, 4.69) is 12.0 Å². The van der Waals surface area contributed by atoms with Crippen LogP contribution in [0.15, 0.2) is 30.6 Å². The number of benzene rings is 1. The van der Waals surface area contributed by atoms with Crippen LogP contribution in [0.5, 0.6) is 11.5 Å². The number of aromatic nitrogens is 2. The monoisotopic (exact) mass is 249 g/mol. The van der Waals surface area contributed by atoms with Crippen molar-refractivity contribution in [3.63, 3.8) is 0 Å². The summed E-state index contributed by atoms with van der Waals surface area (Å²) in [4.78, 5) is 0. The van der Waals surface area contributed by atoms with Gasteiger partial charge in [-0.1, -0.05) is 19.1 Å². The van der Waals surface area contributed by atoms with Gasteiger partial charge in [-0.15, -0.1) is 0 Å². The average Bonchev–Trinajstić information content (AvgIpc) is 2.80. The third kappa shape index (κ3) is 2.68. The van der Waals surface area contributed by atoms with E-state index in [4.69, 9.17) is 10.5 Å². The Bertz CT molecular complexity index is 525. The summed E-state index contributed by atoms with van der Waals surface area (Å²) in [7, 11) is 0. The van der Waals surface area contributed by atoms with Crippen LogP contribution in [0.2, 0.25) is 0 Å². The maximum atomic E-state index is 13.7. The molecule has 0 radical (unpaired) electrons. The van der Waals surface area contributed by atoms with Crippen molar-refractivity contribution in [2.24, 2.45) is 5.73 Å². The molecule has 2 rings (SSSR count). The number of nitrogens with two attached hydrogens (primary N) is 1. The highest BCUT2D eigenvalue weighted by Gasteiger charge is 2.10. The summed E-state index contributed by atoms with van der Waals surface area (Å²) in [6.07, 6.45) is 4.30. The molecule has 1 aromatic carbocycles. The number of halogens is 1. The van der Waals surface area contributed by atoms with Crippen LogP contribution in [0.1, 0.15) is 18.9 Å². The first-order chi connectivity index (χ1) is 8.74. The largest absolute Gasteiger partial charge is 0.451 e. The summed E-state index contributed by atoms with van der Waals surface area (Å²) in [5, 5.41) is 4.13. The third-order valence-electron chi connectivity index (χ3n) is 2.55. The molecule has 0 saturated heterocycles. The molecule has 0 bridgehead atoms. The van der Waals surface area contributed by atoms with E-state index in [0.717, 1.165) is 13.0 Å². The average molecular weight is 249 g/mol. The molecule has 0 atom stereocenters. The first-order valence-electron chi connectivity index (χ1n) is 5.92. The van der Waals surface area contributed by atoms with Gasteiger partial charge in [-0.05, 0) is 12.5 Å². The lowest BCUT2D eigenvalue weighted by molar-refractivity contribution is 0.435. The standard InChI is InChI=1S/C13H16FN3O/c1-2-6-17-9-11(8-16-17)18-13-10(7-15)4-3-5-12(13)14/h3-5,8-9H,2,6-7,15H2,1H3. The summed E-state index contributed by atoms with van der Waals surface area (Å²) in [6.45, 7) is 3.10. The topological polar surface area (TPSA) is 53.1 Å². The number of aryl methyl sites for hydroxylation is 1. The smallest absolute Gasteiger partial charge is 0.167 e. The van der Waals surface area contributed by atoms with Crippen molar-refractivity contribution in [3.05, 3.63) is 42.0 Å². The molecule has 0 spiro atoms. The minimum atomic E-state index is -0.416. The number of nitrogens with zero attached hydrogens (tertiary/aromatic N) is 2. The maximum Gasteiger partial charge on any atom is 0.167 e. The van der Waals surface area contributed by atoms with Crippen molar-refractivity contribution in [2.45, 2.75) is 26.4 Å². The van der Waals surface area contributed by atoms with Gasteiger partial charge in [0.05, 0.1) is 12.4 Å². The fraction of sp³-hybridized carbons (Fsp3) is 0.308. The van der Waals surface area contributed by atoms with Crippen LogP contribution < -0.4 is 10.5 Å². The zero-order valence-electron chi connectivity index (χ0n) is 10.3. The second-order valence-corrected chi connectivity index (χ2v) is 3.97. The minimum absolute atomic E-state index is 0.177. The van der Waals surface area contributed by atoms with Crippen molar-refractivity contribution in [2.75, 3.05) is 0 Å². The number of hydrogen-bond acceptors (Lipinski definition) is 3. The first kappa shape index (κ1) is 12.6. The van der Waals surface area contributed by atoms with E-state index in [-0.39, 0.29) is 12.3 Å². The molecule has 96 valence electrons. The fourth-order valence-corrected chi connectivity index (χ4v) is 1.70. The molecule has 5 heteroatoms. The van der Waals surface area contributed by atoms with Crippen LogP contribution in [-0.2, 0) is 13.1 Å². The minimum Gasteiger partial charge on any atom is -0.451 e. The van der Waals surface area contributed by atoms with Gasteiger partial charge in [0.1, 0.15) is 0 Å². The Morgan fingerprint density at radius 2 is 2.28 bits per heavy atom. The van der Waals surface area contributed by atoms with Crippen LogP contribution in [0.25, 0.3) is 0 Å². The Morgan fingerprint density at radius 3 is 3.00 bits per heavy atom. The Morgan fingerprint density at radius 1 is 1.44 bits per heavy atom. The van der Waals surface area contributed by atoms with E-state index in [9.17, 15) is 4.39 Å². The van der Waals surface area contributed by atoms with Gasteiger partial charge in [-0.25, -0.2) is 4.39 Å². The van der Waals surface area contributed by atoms with Crippen molar-refractivity contribution >= 4 is 0 Å². The van der Waals surface area contributed by atoms with Gasteiger partial charge >= 0.3 is 0 Å². The molecular formula is C13H16FN3O. The molecule has 1 heterocycles. The highest BCUT2D eigenvalue weighted by molar-refractivity contribution is 5.37. The van der Waals surface area contributed by atoms with E-state index >= 15 is 0 Å². The summed E-state index contributed by atoms with van der Waals surface area (Å²) in [5.74, 6) is 0.278. The number of hydrogen-bond donors (Lipinski definition) is 1. The zero-order valence-corrected chi connectivity index (χ0v) is 10.3. The fourth-order valence-electron chi connectivity index (χ4n) is 1.70. The summed E-state index contributed by atoms with van der Waals surface area (Å²) >= 11 is 0. The van der Waals surface area contributed by atoms with Crippen LogP contribution in [0, 0.1) is 5.82 Å². The maximum absolute atomic E-state index is 13.7. The van der Waals surface area contributed by atoms with Crippen LogP contribution >= 0.6 is 0 Å². The van der Waals surface area contributed by atoms with E-state index in [1.165, 1.54) is 6.07 Å². The summed E-state index contributed by atoms with van der Waals surface area (Å²) in [5.41, 5.74) is 6.20. The molecule has 0 aliphatic heterocycles. The molecule has 4 nitrogen and oxygen atoms in total. The van der Waals surface area contributed by atoms with Gasteiger partial charge in [0, 0.05) is 18.7 Å². The Labute approximate surface area is 105 Å². The van der Waals surface area contributed by atoms with E-state index in [1.54, 1.807) is 29.2 Å². The molecule has 0 aliphatic rings. The van der Waals surface area contributed by atoms with Crippen molar-refractivity contribution < 1.29 is 9.13 Å². The second-order valence-electron chi connectivity index (χ2n) is 3.97. The molecule has 0 aliphatic carbocycles. The molecule has 0 amide bonds. The Hall–Kier alpha value is -1.88. The highest BCUT2D eigenvalue weighted by atomic mass is 19.1. The molecular weight excluding hydrogens is 233 g/mol. The molecule has 0 saturated carbocycles. The van der Waals surface area contributed by atoms with Crippen molar-refractivity contribution in [1.82, 2.24) is 9.78 Å². The molecule has 0 unspecified atom stereocenters. The summed E-state index contributed by atoms with van der Waals surface area (Å²) in [6, 6.07) is 4.71. The summed E-state index contributed by atoms with van der Waals surface area (Å²) < 4.78 is 21.0. The van der Waals surface area contributed by atoms with Crippen molar-refractivity contribution in [3.8, 4) is 11.5 Å². The van der Waals surface area contributed by atoms with Crippen LogP contribution in [0.3, 0.4) is 0 Å². The predicted molar refractivity (Wildman–Crippen MR) is 66.9 cm³/mol. The van der Waals surface area contributed by atoms with Gasteiger partial charge in [-0.3, -0.25) is 4.68 Å². The number of rotatable bonds is 5. The number of ether oxygens (including phenoxy) is 1. The van der Waals surface area contributed by atoms with Crippen LogP contribution in [0.4, 0.5) is 4.39 Å². The zero-order chi connectivity index (χ0) is 13.0. The second kappa shape index (κ2) is 5.64. The normalized spacial score (nSPS) is 10.6. The lowest BCUT2D eigenvalue weighted by atomic mass is 10.2. The lowest BCUT2D eigenvalue weighted by Crippen LogP contribution is -2.01. The molecule has 0 fully saturated rings. The Kier molecular flexibility index (Phi) is 3.94.